The van der Waals surface area contributed by atoms with Crippen molar-refractivity contribution in [3.8, 4) is 11.3 Å². The fraction of sp³-hybridized carbons (Fsp3) is 0.0833. The molecule has 5 rings (SSSR count). The molecule has 0 atom stereocenters. The number of carbonyl (C=O) groups excluding carboxylic acids is 1. The second-order valence-electron chi connectivity index (χ2n) is 7.45. The highest BCUT2D eigenvalue weighted by molar-refractivity contribution is 7.16. The zero-order chi connectivity index (χ0) is 23.5. The Balaban J connectivity index is 1.45. The van der Waals surface area contributed by atoms with Crippen molar-refractivity contribution in [1.29, 1.82) is 0 Å². The lowest BCUT2D eigenvalue weighted by Crippen LogP contribution is -2.19. The van der Waals surface area contributed by atoms with Crippen LogP contribution < -0.4 is 10.9 Å². The highest BCUT2D eigenvalue weighted by Crippen LogP contribution is 2.25. The van der Waals surface area contributed by atoms with Crippen LogP contribution in [0, 0.1) is 0 Å². The molecule has 0 radical (unpaired) electrons. The minimum Gasteiger partial charge on any atom is -0.365 e. The lowest BCUT2D eigenvalue weighted by atomic mass is 10.2. The summed E-state index contributed by atoms with van der Waals surface area (Å²) in [5.74, 6) is 0.291. The fourth-order valence-electron chi connectivity index (χ4n) is 3.42. The minimum atomic E-state index is -0.246. The van der Waals surface area contributed by atoms with E-state index in [0.717, 1.165) is 10.4 Å². The van der Waals surface area contributed by atoms with Gasteiger partial charge in [-0.1, -0.05) is 17.7 Å². The van der Waals surface area contributed by atoms with Gasteiger partial charge >= 0.3 is 0 Å². The normalized spacial score (nSPS) is 11.0. The first kappa shape index (κ1) is 22.3. The number of hydrogen-bond donors (Lipinski definition) is 1. The molecule has 0 aliphatic carbocycles. The number of halogens is 1. The summed E-state index contributed by atoms with van der Waals surface area (Å²) in [5, 5.41) is 11.4. The van der Waals surface area contributed by atoms with Gasteiger partial charge in [0.1, 0.15) is 5.82 Å². The van der Waals surface area contributed by atoms with Gasteiger partial charge in [0.05, 0.1) is 28.7 Å². The molecule has 0 aromatic carbocycles. The van der Waals surface area contributed by atoms with Gasteiger partial charge in [-0.2, -0.15) is 21.1 Å². The van der Waals surface area contributed by atoms with Crippen LogP contribution in [0.1, 0.15) is 20.8 Å². The van der Waals surface area contributed by atoms with Gasteiger partial charge in [0.25, 0.3) is 11.5 Å². The van der Waals surface area contributed by atoms with E-state index in [1.165, 1.54) is 33.4 Å². The molecule has 5 heterocycles. The Morgan fingerprint density at radius 3 is 2.76 bits per heavy atom. The first-order valence-electron chi connectivity index (χ1n) is 10.3. The molecule has 0 aliphatic heterocycles. The zero-order valence-electron chi connectivity index (χ0n) is 17.7. The molecule has 5 aromatic heterocycles. The third-order valence-corrected chi connectivity index (χ3v) is 7.02. The summed E-state index contributed by atoms with van der Waals surface area (Å²) < 4.78 is 3.65. The second kappa shape index (κ2) is 9.76. The molecule has 0 bridgehead atoms. The van der Waals surface area contributed by atoms with E-state index in [1.54, 1.807) is 40.7 Å². The molecule has 0 unspecified atom stereocenters. The lowest BCUT2D eigenvalue weighted by molar-refractivity contribution is 0.0948. The van der Waals surface area contributed by atoms with Crippen molar-refractivity contribution in [2.24, 2.45) is 0 Å². The van der Waals surface area contributed by atoms with E-state index < -0.39 is 0 Å². The van der Waals surface area contributed by atoms with Crippen LogP contribution in [0.15, 0.2) is 82.7 Å². The zero-order valence-corrected chi connectivity index (χ0v) is 20.1. The topological polar surface area (TPSA) is 81.8 Å². The minimum absolute atomic E-state index is 0.164. The Labute approximate surface area is 207 Å². The molecule has 7 nitrogen and oxygen atoms in total. The van der Waals surface area contributed by atoms with Crippen LogP contribution in [0.2, 0.25) is 4.34 Å². The SMILES string of the molecule is O=C(c1ccsc1)n1nc(-c2ccn(Cc3cccnc3)c(=O)c2)cc1NCc1ccc(Cl)s1. The van der Waals surface area contributed by atoms with Crippen LogP contribution >= 0.6 is 34.3 Å². The van der Waals surface area contributed by atoms with Crippen LogP contribution in [-0.4, -0.2) is 25.2 Å². The molecule has 5 aromatic rings. The van der Waals surface area contributed by atoms with Crippen LogP contribution in [0.3, 0.4) is 0 Å². The Bertz CT molecular complexity index is 1490. The number of hydrogen-bond acceptors (Lipinski definition) is 7. The standard InChI is InChI=1S/C24H18ClN5O2S2/c25-21-4-3-19(34-21)13-27-22-11-20(28-30(22)24(32)18-6-9-33-15-18)17-5-8-29(23(31)10-17)14-16-2-1-7-26-12-16/h1-12,15,27H,13-14H2. The van der Waals surface area contributed by atoms with Crippen molar-refractivity contribution < 1.29 is 4.79 Å². The summed E-state index contributed by atoms with van der Waals surface area (Å²) in [5.41, 5.74) is 2.48. The number of pyridine rings is 2. The molecule has 10 heteroatoms. The van der Waals surface area contributed by atoms with E-state index in [2.05, 4.69) is 15.4 Å². The predicted octanol–water partition coefficient (Wildman–Crippen LogP) is 5.23. The van der Waals surface area contributed by atoms with E-state index in [-0.39, 0.29) is 11.5 Å². The van der Waals surface area contributed by atoms with E-state index >= 15 is 0 Å². The summed E-state index contributed by atoms with van der Waals surface area (Å²) >= 11 is 8.95. The summed E-state index contributed by atoms with van der Waals surface area (Å²) in [4.78, 5) is 31.0. The van der Waals surface area contributed by atoms with Gasteiger partial charge < -0.3 is 9.88 Å². The molecule has 170 valence electrons. The van der Waals surface area contributed by atoms with Gasteiger partial charge in [-0.05, 0) is 41.3 Å². The maximum atomic E-state index is 13.1. The van der Waals surface area contributed by atoms with Gasteiger partial charge in [0.15, 0.2) is 0 Å². The maximum Gasteiger partial charge on any atom is 0.280 e. The van der Waals surface area contributed by atoms with Crippen molar-refractivity contribution in [2.45, 2.75) is 13.1 Å². The molecule has 0 saturated heterocycles. The molecule has 0 aliphatic rings. The van der Waals surface area contributed by atoms with Crippen molar-refractivity contribution in [3.05, 3.63) is 109 Å². The van der Waals surface area contributed by atoms with E-state index in [9.17, 15) is 9.59 Å². The summed E-state index contributed by atoms with van der Waals surface area (Å²) in [6, 6.07) is 14.4. The summed E-state index contributed by atoms with van der Waals surface area (Å²) in [6.07, 6.45) is 5.16. The number of nitrogens with zero attached hydrogens (tertiary/aromatic N) is 4. The first-order chi connectivity index (χ1) is 16.6. The molecule has 0 saturated carbocycles. The van der Waals surface area contributed by atoms with Gasteiger partial charge in [0, 0.05) is 46.5 Å². The molecule has 0 amide bonds. The number of nitrogens with one attached hydrogen (secondary N) is 1. The third-order valence-electron chi connectivity index (χ3n) is 5.11. The van der Waals surface area contributed by atoms with Crippen LogP contribution in [0.25, 0.3) is 11.3 Å². The van der Waals surface area contributed by atoms with E-state index in [4.69, 9.17) is 11.6 Å². The molecular formula is C24H18ClN5O2S2. The molecule has 0 fully saturated rings. The Kier molecular flexibility index (Phi) is 6.39. The van der Waals surface area contributed by atoms with Crippen LogP contribution in [-0.2, 0) is 13.1 Å². The number of thiophene rings is 2. The number of rotatable bonds is 7. The van der Waals surface area contributed by atoms with Gasteiger partial charge in [0.2, 0.25) is 0 Å². The van der Waals surface area contributed by atoms with Gasteiger partial charge in [-0.15, -0.1) is 11.3 Å². The highest BCUT2D eigenvalue weighted by atomic mass is 35.5. The maximum absolute atomic E-state index is 13.1. The number of anilines is 1. The van der Waals surface area contributed by atoms with Gasteiger partial charge in [-0.25, -0.2) is 0 Å². The predicted molar refractivity (Wildman–Crippen MR) is 136 cm³/mol. The number of carbonyl (C=O) groups is 1. The van der Waals surface area contributed by atoms with E-state index in [0.29, 0.717) is 40.1 Å². The second-order valence-corrected chi connectivity index (χ2v) is 10.0. The number of aromatic nitrogens is 4. The molecular weight excluding hydrogens is 490 g/mol. The fourth-order valence-corrected chi connectivity index (χ4v) is 5.08. The quantitative estimate of drug-likeness (QED) is 0.326. The largest absolute Gasteiger partial charge is 0.365 e. The Hall–Kier alpha value is -3.53. The molecule has 1 N–H and O–H groups in total. The molecule has 0 spiro atoms. The Morgan fingerprint density at radius 1 is 1.15 bits per heavy atom. The monoisotopic (exact) mass is 507 g/mol. The average molecular weight is 508 g/mol. The van der Waals surface area contributed by atoms with Crippen molar-refractivity contribution in [2.75, 3.05) is 5.32 Å². The third kappa shape index (κ3) is 4.86. The summed E-state index contributed by atoms with van der Waals surface area (Å²) in [6.45, 7) is 0.917. The highest BCUT2D eigenvalue weighted by Gasteiger charge is 2.18. The van der Waals surface area contributed by atoms with Crippen LogP contribution in [0.4, 0.5) is 5.82 Å². The molecule has 34 heavy (non-hydrogen) atoms. The lowest BCUT2D eigenvalue weighted by Gasteiger charge is -2.07. The van der Waals surface area contributed by atoms with Crippen molar-refractivity contribution >= 4 is 46.0 Å². The summed E-state index contributed by atoms with van der Waals surface area (Å²) in [7, 11) is 0. The average Bonchev–Trinajstić information content (AvgIpc) is 3.60. The van der Waals surface area contributed by atoms with Crippen molar-refractivity contribution in [1.82, 2.24) is 19.3 Å². The van der Waals surface area contributed by atoms with Crippen molar-refractivity contribution in [3.63, 3.8) is 0 Å². The van der Waals surface area contributed by atoms with Crippen LogP contribution in [0.5, 0.6) is 0 Å². The van der Waals surface area contributed by atoms with E-state index in [1.807, 2.05) is 35.7 Å². The first-order valence-corrected chi connectivity index (χ1v) is 12.5. The smallest absolute Gasteiger partial charge is 0.280 e. The Morgan fingerprint density at radius 2 is 2.06 bits per heavy atom. The van der Waals surface area contributed by atoms with Gasteiger partial charge in [-0.3, -0.25) is 14.6 Å².